The summed E-state index contributed by atoms with van der Waals surface area (Å²) >= 11 is 2.77. The summed E-state index contributed by atoms with van der Waals surface area (Å²) in [6, 6.07) is 9.88. The van der Waals surface area contributed by atoms with Crippen LogP contribution in [-0.4, -0.2) is 42.8 Å². The Morgan fingerprint density at radius 3 is 2.47 bits per heavy atom. The smallest absolute Gasteiger partial charge is 0.305 e. The molecule has 2 saturated heterocycles. The average Bonchev–Trinajstić information content (AvgIpc) is 3.17. The summed E-state index contributed by atoms with van der Waals surface area (Å²) in [5, 5.41) is 0. The molecule has 2 aliphatic heterocycles. The Bertz CT molecular complexity index is 1140. The Kier molecular flexibility index (Phi) is 6.67. The van der Waals surface area contributed by atoms with Gasteiger partial charge in [0.2, 0.25) is 8.91 Å². The lowest BCUT2D eigenvalue weighted by atomic mass is 10.0. The minimum atomic E-state index is -1.46. The molecule has 2 atom stereocenters. The largest absolute Gasteiger partial charge is 0.332 e. The Balaban J connectivity index is 1.56. The number of amides is 4. The molecule has 0 saturated carbocycles. The van der Waals surface area contributed by atoms with Gasteiger partial charge in [-0.25, -0.2) is 19.1 Å². The van der Waals surface area contributed by atoms with Crippen molar-refractivity contribution >= 4 is 63.7 Å². The molecule has 2 aromatic rings. The average molecular weight is 596 g/mol. The summed E-state index contributed by atoms with van der Waals surface area (Å²) < 4.78 is 12.5. The number of halogens is 2. The quantitative estimate of drug-likeness (QED) is 0.194. The minimum Gasteiger partial charge on any atom is -0.305 e. The van der Waals surface area contributed by atoms with Gasteiger partial charge in [0.25, 0.3) is 5.91 Å². The first-order chi connectivity index (χ1) is 15.9. The summed E-state index contributed by atoms with van der Waals surface area (Å²) in [5.74, 6) is 0.236. The maximum atomic E-state index is 13.9. The SMILES string of the molecule is CC1CCN(c2cc(CN3C(=O)N(c4ccc(SC(C)(F)I)cc4)C(=O)C3(C)C)ccn2)C1=O. The van der Waals surface area contributed by atoms with Crippen molar-refractivity contribution in [1.82, 2.24) is 9.88 Å². The van der Waals surface area contributed by atoms with Gasteiger partial charge in [-0.2, -0.15) is 0 Å². The molecule has 4 amide bonds. The lowest BCUT2D eigenvalue weighted by Crippen LogP contribution is -2.43. The zero-order valence-corrected chi connectivity index (χ0v) is 22.4. The van der Waals surface area contributed by atoms with Gasteiger partial charge in [-0.1, -0.05) is 18.7 Å². The van der Waals surface area contributed by atoms with Gasteiger partial charge in [0, 0.05) is 30.1 Å². The standard InChI is InChI=1S/C24H26FIN4O3S/c1-15-10-12-28(20(15)31)19-13-16(9-11-27-19)14-29-22(33)30(21(32)23(29,2)3)17-5-7-18(8-6-17)34-24(4,25)26/h5-9,11,13,15H,10,12,14H2,1-4H3. The number of benzene rings is 1. The van der Waals surface area contributed by atoms with Gasteiger partial charge in [-0.3, -0.25) is 14.5 Å². The fourth-order valence-corrected chi connectivity index (χ4v) is 5.59. The van der Waals surface area contributed by atoms with Crippen LogP contribution < -0.4 is 9.80 Å². The van der Waals surface area contributed by atoms with Crippen LogP contribution in [0.25, 0.3) is 0 Å². The van der Waals surface area contributed by atoms with E-state index in [0.717, 1.165) is 23.7 Å². The summed E-state index contributed by atoms with van der Waals surface area (Å²) in [7, 11) is 0. The number of anilines is 2. The molecular weight excluding hydrogens is 570 g/mol. The summed E-state index contributed by atoms with van der Waals surface area (Å²) in [6.45, 7) is 7.62. The van der Waals surface area contributed by atoms with Crippen LogP contribution in [0, 0.1) is 5.92 Å². The first-order valence-electron chi connectivity index (χ1n) is 11.0. The Morgan fingerprint density at radius 2 is 1.88 bits per heavy atom. The van der Waals surface area contributed by atoms with E-state index in [1.165, 1.54) is 16.7 Å². The highest BCUT2D eigenvalue weighted by Crippen LogP contribution is 2.40. The van der Waals surface area contributed by atoms with Crippen LogP contribution >= 0.6 is 34.4 Å². The lowest BCUT2D eigenvalue weighted by molar-refractivity contribution is -0.123. The predicted molar refractivity (Wildman–Crippen MR) is 139 cm³/mol. The van der Waals surface area contributed by atoms with E-state index in [2.05, 4.69) is 4.98 Å². The van der Waals surface area contributed by atoms with Gasteiger partial charge in [0.1, 0.15) is 11.4 Å². The van der Waals surface area contributed by atoms with Crippen molar-refractivity contribution < 1.29 is 18.8 Å². The molecule has 2 fully saturated rings. The highest BCUT2D eigenvalue weighted by Gasteiger charge is 2.51. The molecule has 1 aromatic carbocycles. The molecule has 10 heteroatoms. The maximum Gasteiger partial charge on any atom is 0.332 e. The molecule has 3 heterocycles. The maximum absolute atomic E-state index is 13.9. The molecule has 0 N–H and O–H groups in total. The number of thioether (sulfide) groups is 1. The van der Waals surface area contributed by atoms with Crippen molar-refractivity contribution in [3.63, 3.8) is 0 Å². The van der Waals surface area contributed by atoms with Crippen molar-refractivity contribution in [3.8, 4) is 0 Å². The molecule has 4 rings (SSSR count). The number of carbonyl (C=O) groups excluding carboxylic acids is 3. The van der Waals surface area contributed by atoms with Crippen molar-refractivity contribution in [2.75, 3.05) is 16.3 Å². The summed E-state index contributed by atoms with van der Waals surface area (Å²) in [4.78, 5) is 48.4. The van der Waals surface area contributed by atoms with Crippen LogP contribution in [0.5, 0.6) is 0 Å². The molecule has 0 radical (unpaired) electrons. The van der Waals surface area contributed by atoms with E-state index >= 15 is 0 Å². The summed E-state index contributed by atoms with van der Waals surface area (Å²) in [5.41, 5.74) is 0.159. The fraction of sp³-hybridized carbons (Fsp3) is 0.417. The topological polar surface area (TPSA) is 73.8 Å². The molecule has 7 nitrogen and oxygen atoms in total. The van der Waals surface area contributed by atoms with Gasteiger partial charge in [0.15, 0.2) is 0 Å². The number of rotatable bonds is 6. The van der Waals surface area contributed by atoms with E-state index in [-0.39, 0.29) is 24.3 Å². The number of carbonyl (C=O) groups is 3. The number of aromatic nitrogens is 1. The van der Waals surface area contributed by atoms with Crippen LogP contribution in [0.3, 0.4) is 0 Å². The third-order valence-corrected chi connectivity index (χ3v) is 7.64. The van der Waals surface area contributed by atoms with Crippen molar-refractivity contribution in [2.24, 2.45) is 5.92 Å². The third kappa shape index (κ3) is 4.79. The molecule has 34 heavy (non-hydrogen) atoms. The number of urea groups is 1. The van der Waals surface area contributed by atoms with E-state index in [4.69, 9.17) is 0 Å². The second-order valence-electron chi connectivity index (χ2n) is 9.17. The van der Waals surface area contributed by atoms with Crippen LogP contribution in [0.15, 0.2) is 47.5 Å². The van der Waals surface area contributed by atoms with Gasteiger partial charge in [0.05, 0.1) is 5.69 Å². The first-order valence-corrected chi connectivity index (χ1v) is 12.9. The van der Waals surface area contributed by atoms with Gasteiger partial charge in [-0.15, -0.1) is 0 Å². The zero-order valence-electron chi connectivity index (χ0n) is 19.4. The number of nitrogens with zero attached hydrogens (tertiary/aromatic N) is 4. The molecule has 180 valence electrons. The van der Waals surface area contributed by atoms with Crippen molar-refractivity contribution in [2.45, 2.75) is 54.1 Å². The van der Waals surface area contributed by atoms with E-state index in [0.29, 0.717) is 22.9 Å². The molecule has 2 aliphatic rings. The van der Waals surface area contributed by atoms with Gasteiger partial charge >= 0.3 is 6.03 Å². The number of alkyl halides is 2. The summed E-state index contributed by atoms with van der Waals surface area (Å²) in [6.07, 6.45) is 2.40. The second kappa shape index (κ2) is 9.10. The Morgan fingerprint density at radius 1 is 1.21 bits per heavy atom. The van der Waals surface area contributed by atoms with Crippen molar-refractivity contribution in [3.05, 3.63) is 48.2 Å². The van der Waals surface area contributed by atoms with Crippen LogP contribution in [0.4, 0.5) is 20.7 Å². The Labute approximate surface area is 216 Å². The van der Waals surface area contributed by atoms with Crippen LogP contribution in [-0.2, 0) is 16.1 Å². The second-order valence-corrected chi connectivity index (χ2v) is 13.4. The highest BCUT2D eigenvalue weighted by atomic mass is 127. The molecule has 0 bridgehead atoms. The molecule has 0 aliphatic carbocycles. The van der Waals surface area contributed by atoms with Crippen LogP contribution in [0.2, 0.25) is 0 Å². The Hall–Kier alpha value is -2.21. The monoisotopic (exact) mass is 596 g/mol. The number of imide groups is 1. The fourth-order valence-electron chi connectivity index (χ4n) is 4.14. The van der Waals surface area contributed by atoms with E-state index in [1.54, 1.807) is 83.9 Å². The molecular formula is C24H26FIN4O3S. The molecule has 1 aromatic heterocycles. The van der Waals surface area contributed by atoms with E-state index < -0.39 is 14.6 Å². The number of pyridine rings is 1. The van der Waals surface area contributed by atoms with Crippen molar-refractivity contribution in [1.29, 1.82) is 0 Å². The normalized spacial score (nSPS) is 22.0. The van der Waals surface area contributed by atoms with Gasteiger partial charge < -0.3 is 4.90 Å². The predicted octanol–water partition coefficient (Wildman–Crippen LogP) is 5.37. The molecule has 0 spiro atoms. The first kappa shape index (κ1) is 24.9. The number of hydrogen-bond acceptors (Lipinski definition) is 5. The zero-order chi connectivity index (χ0) is 24.8. The van der Waals surface area contributed by atoms with E-state index in [1.807, 2.05) is 6.92 Å². The minimum absolute atomic E-state index is 0.0314. The van der Waals surface area contributed by atoms with E-state index in [9.17, 15) is 18.8 Å². The van der Waals surface area contributed by atoms with Gasteiger partial charge in [-0.05, 0) is 91.7 Å². The highest BCUT2D eigenvalue weighted by molar-refractivity contribution is 14.1. The third-order valence-electron chi connectivity index (χ3n) is 6.12. The van der Waals surface area contributed by atoms with Crippen LogP contribution in [0.1, 0.15) is 39.7 Å². The number of hydrogen-bond donors (Lipinski definition) is 0. The molecule has 2 unspecified atom stereocenters. The lowest BCUT2D eigenvalue weighted by Gasteiger charge is -2.28.